The number of alkyl halides is 2. The van der Waals surface area contributed by atoms with Gasteiger partial charge in [0.2, 0.25) is 0 Å². The molecule has 3 rings (SSSR count). The Labute approximate surface area is 146 Å². The van der Waals surface area contributed by atoms with Crippen LogP contribution in [0.5, 0.6) is 0 Å². The molecule has 7 heteroatoms. The predicted octanol–water partition coefficient (Wildman–Crippen LogP) is 2.49. The topological polar surface area (TPSA) is 53.0 Å². The third-order valence-electron chi connectivity index (χ3n) is 4.96. The van der Waals surface area contributed by atoms with Crippen molar-refractivity contribution < 1.29 is 23.4 Å². The molecule has 2 aliphatic rings. The predicted molar refractivity (Wildman–Crippen MR) is 88.4 cm³/mol. The van der Waals surface area contributed by atoms with Crippen LogP contribution in [-0.2, 0) is 11.3 Å². The van der Waals surface area contributed by atoms with Crippen LogP contribution < -0.4 is 0 Å². The van der Waals surface area contributed by atoms with Crippen LogP contribution in [0.25, 0.3) is 0 Å². The van der Waals surface area contributed by atoms with Crippen LogP contribution in [0, 0.1) is 0 Å². The van der Waals surface area contributed by atoms with Gasteiger partial charge in [-0.25, -0.2) is 13.6 Å². The van der Waals surface area contributed by atoms with E-state index in [2.05, 4.69) is 0 Å². The van der Waals surface area contributed by atoms with E-state index in [-0.39, 0.29) is 19.6 Å². The van der Waals surface area contributed by atoms with Crippen LogP contribution in [0.3, 0.4) is 0 Å². The van der Waals surface area contributed by atoms with Gasteiger partial charge in [-0.2, -0.15) is 0 Å². The number of carbonyl (C=O) groups excluding carboxylic acids is 1. The minimum atomic E-state index is -2.98. The molecular weight excluding hydrogens is 330 g/mol. The Bertz CT molecular complexity index is 577. The SMILES string of the molecule is O=C(OCc1ccccc1)N1CCC(N2CCC(O)CC2)C(F)(F)C1. The highest BCUT2D eigenvalue weighted by molar-refractivity contribution is 5.68. The van der Waals surface area contributed by atoms with Gasteiger partial charge in [-0.1, -0.05) is 30.3 Å². The van der Waals surface area contributed by atoms with Crippen molar-refractivity contribution in [1.29, 1.82) is 0 Å². The summed E-state index contributed by atoms with van der Waals surface area (Å²) in [6.07, 6.45) is 0.169. The fraction of sp³-hybridized carbons (Fsp3) is 0.611. The number of aliphatic hydroxyl groups excluding tert-OH is 1. The second kappa shape index (κ2) is 7.66. The van der Waals surface area contributed by atoms with E-state index in [1.165, 1.54) is 0 Å². The fourth-order valence-electron chi connectivity index (χ4n) is 3.54. The summed E-state index contributed by atoms with van der Waals surface area (Å²) in [5, 5.41) is 9.54. The van der Waals surface area contributed by atoms with Gasteiger partial charge >= 0.3 is 6.09 Å². The Hall–Kier alpha value is -1.73. The van der Waals surface area contributed by atoms with Gasteiger partial charge in [0.05, 0.1) is 18.7 Å². The van der Waals surface area contributed by atoms with Crippen LogP contribution in [0.4, 0.5) is 13.6 Å². The van der Waals surface area contributed by atoms with E-state index in [1.54, 1.807) is 4.90 Å². The lowest BCUT2D eigenvalue weighted by Crippen LogP contribution is -2.60. The summed E-state index contributed by atoms with van der Waals surface area (Å²) in [5.41, 5.74) is 0.823. The molecule has 1 aromatic carbocycles. The number of ether oxygens (including phenoxy) is 1. The molecule has 0 radical (unpaired) electrons. The average molecular weight is 354 g/mol. The zero-order chi connectivity index (χ0) is 17.9. The third-order valence-corrected chi connectivity index (χ3v) is 4.96. The molecule has 0 saturated carbocycles. The molecule has 1 N–H and O–H groups in total. The van der Waals surface area contributed by atoms with Crippen molar-refractivity contribution >= 4 is 6.09 Å². The molecule has 25 heavy (non-hydrogen) atoms. The minimum Gasteiger partial charge on any atom is -0.445 e. The van der Waals surface area contributed by atoms with Crippen molar-refractivity contribution in [3.63, 3.8) is 0 Å². The maximum atomic E-state index is 14.6. The summed E-state index contributed by atoms with van der Waals surface area (Å²) >= 11 is 0. The molecule has 0 aromatic heterocycles. The summed E-state index contributed by atoms with van der Waals surface area (Å²) in [6, 6.07) is 8.28. The Morgan fingerprint density at radius 2 is 1.84 bits per heavy atom. The number of likely N-dealkylation sites (tertiary alicyclic amines) is 2. The Morgan fingerprint density at radius 3 is 2.48 bits per heavy atom. The Kier molecular flexibility index (Phi) is 5.54. The number of carbonyl (C=O) groups is 1. The molecule has 2 aliphatic heterocycles. The molecular formula is C18H24F2N2O3. The van der Waals surface area contributed by atoms with Gasteiger partial charge in [0.1, 0.15) is 6.61 Å². The van der Waals surface area contributed by atoms with Crippen molar-refractivity contribution in [3.05, 3.63) is 35.9 Å². The van der Waals surface area contributed by atoms with E-state index in [0.717, 1.165) is 10.5 Å². The quantitative estimate of drug-likeness (QED) is 0.906. The van der Waals surface area contributed by atoms with E-state index < -0.39 is 30.7 Å². The molecule has 2 heterocycles. The molecule has 0 bridgehead atoms. The van der Waals surface area contributed by atoms with Crippen molar-refractivity contribution in [2.75, 3.05) is 26.2 Å². The Balaban J connectivity index is 1.53. The van der Waals surface area contributed by atoms with E-state index in [4.69, 9.17) is 4.74 Å². The number of aliphatic hydroxyl groups is 1. The van der Waals surface area contributed by atoms with Crippen molar-refractivity contribution in [1.82, 2.24) is 9.80 Å². The van der Waals surface area contributed by atoms with E-state index in [1.807, 2.05) is 30.3 Å². The van der Waals surface area contributed by atoms with Crippen molar-refractivity contribution in [2.45, 2.75) is 43.9 Å². The van der Waals surface area contributed by atoms with E-state index in [0.29, 0.717) is 25.9 Å². The van der Waals surface area contributed by atoms with Crippen LogP contribution in [0.15, 0.2) is 30.3 Å². The second-order valence-corrected chi connectivity index (χ2v) is 6.79. The lowest BCUT2D eigenvalue weighted by Gasteiger charge is -2.44. The molecule has 1 amide bonds. The maximum Gasteiger partial charge on any atom is 0.410 e. The van der Waals surface area contributed by atoms with Gasteiger partial charge in [0, 0.05) is 19.6 Å². The van der Waals surface area contributed by atoms with Crippen molar-refractivity contribution in [3.8, 4) is 0 Å². The molecule has 2 fully saturated rings. The minimum absolute atomic E-state index is 0.0786. The van der Waals surface area contributed by atoms with Crippen LogP contribution in [0.1, 0.15) is 24.8 Å². The first kappa shape index (κ1) is 18.1. The molecule has 5 nitrogen and oxygen atoms in total. The maximum absolute atomic E-state index is 14.6. The molecule has 138 valence electrons. The monoisotopic (exact) mass is 354 g/mol. The smallest absolute Gasteiger partial charge is 0.410 e. The van der Waals surface area contributed by atoms with Gasteiger partial charge in [0.25, 0.3) is 5.92 Å². The lowest BCUT2D eigenvalue weighted by molar-refractivity contribution is -0.130. The molecule has 2 saturated heterocycles. The standard InChI is InChI=1S/C18H24F2N2O3/c19-18(20)13-22(17(24)25-12-14-4-2-1-3-5-14)11-8-16(18)21-9-6-15(23)7-10-21/h1-5,15-16,23H,6-13H2. The largest absolute Gasteiger partial charge is 0.445 e. The van der Waals surface area contributed by atoms with Gasteiger partial charge < -0.3 is 14.7 Å². The number of piperidine rings is 2. The summed E-state index contributed by atoms with van der Waals surface area (Å²) in [6.45, 7) is 0.659. The van der Waals surface area contributed by atoms with Gasteiger partial charge in [-0.15, -0.1) is 0 Å². The summed E-state index contributed by atoms with van der Waals surface area (Å²) in [4.78, 5) is 15.0. The summed E-state index contributed by atoms with van der Waals surface area (Å²) in [5.74, 6) is -2.98. The Morgan fingerprint density at radius 1 is 1.16 bits per heavy atom. The van der Waals surface area contributed by atoms with Gasteiger partial charge in [-0.3, -0.25) is 4.90 Å². The first-order chi connectivity index (χ1) is 12.0. The van der Waals surface area contributed by atoms with Crippen LogP contribution in [-0.4, -0.2) is 65.2 Å². The average Bonchev–Trinajstić information content (AvgIpc) is 2.61. The van der Waals surface area contributed by atoms with Crippen LogP contribution >= 0.6 is 0 Å². The molecule has 0 spiro atoms. The fourth-order valence-corrected chi connectivity index (χ4v) is 3.54. The van der Waals surface area contributed by atoms with Gasteiger partial charge in [0.15, 0.2) is 0 Å². The van der Waals surface area contributed by atoms with E-state index in [9.17, 15) is 18.7 Å². The highest BCUT2D eigenvalue weighted by atomic mass is 19.3. The first-order valence-corrected chi connectivity index (χ1v) is 8.71. The highest BCUT2D eigenvalue weighted by Gasteiger charge is 2.49. The number of halogens is 2. The third kappa shape index (κ3) is 4.46. The molecule has 1 atom stereocenters. The summed E-state index contributed by atoms with van der Waals surface area (Å²) < 4.78 is 34.3. The zero-order valence-corrected chi connectivity index (χ0v) is 14.1. The van der Waals surface area contributed by atoms with Crippen LogP contribution in [0.2, 0.25) is 0 Å². The first-order valence-electron chi connectivity index (χ1n) is 8.71. The number of hydrogen-bond acceptors (Lipinski definition) is 4. The lowest BCUT2D eigenvalue weighted by atomic mass is 9.96. The van der Waals surface area contributed by atoms with Gasteiger partial charge in [-0.05, 0) is 24.8 Å². The molecule has 1 unspecified atom stereocenters. The summed E-state index contributed by atoms with van der Waals surface area (Å²) in [7, 11) is 0. The number of benzene rings is 1. The highest BCUT2D eigenvalue weighted by Crippen LogP contribution is 2.33. The number of hydrogen-bond donors (Lipinski definition) is 1. The zero-order valence-electron chi connectivity index (χ0n) is 14.1. The molecule has 0 aliphatic carbocycles. The van der Waals surface area contributed by atoms with E-state index >= 15 is 0 Å². The number of nitrogens with zero attached hydrogens (tertiary/aromatic N) is 2. The molecule has 1 aromatic rings. The normalized spacial score (nSPS) is 24.9. The number of rotatable bonds is 3. The number of amides is 1. The second-order valence-electron chi connectivity index (χ2n) is 6.79. The van der Waals surface area contributed by atoms with Crippen molar-refractivity contribution in [2.24, 2.45) is 0 Å².